The number of carbonyl (C=O) groups is 1. The molecule has 0 bridgehead atoms. The highest BCUT2D eigenvalue weighted by Gasteiger charge is 2.37. The van der Waals surface area contributed by atoms with Crippen molar-refractivity contribution in [2.75, 3.05) is 19.8 Å². The molecule has 1 heterocycles. The molecule has 1 fully saturated rings. The summed E-state index contributed by atoms with van der Waals surface area (Å²) in [4.78, 5) is 13.7. The van der Waals surface area contributed by atoms with Crippen LogP contribution in [0.5, 0.6) is 0 Å². The maximum Gasteiger partial charge on any atom is 0.410 e. The third-order valence-corrected chi connectivity index (χ3v) is 3.31. The molecule has 1 atom stereocenters. The van der Waals surface area contributed by atoms with Gasteiger partial charge in [-0.25, -0.2) is 4.79 Å². The van der Waals surface area contributed by atoms with Gasteiger partial charge in [-0.15, -0.1) is 0 Å². The van der Waals surface area contributed by atoms with Gasteiger partial charge in [0.15, 0.2) is 0 Å². The Morgan fingerprint density at radius 1 is 1.45 bits per heavy atom. The summed E-state index contributed by atoms with van der Waals surface area (Å²) in [6.45, 7) is 4.66. The summed E-state index contributed by atoms with van der Waals surface area (Å²) in [7, 11) is 0. The highest BCUT2D eigenvalue weighted by atomic mass is 16.6. The minimum Gasteiger partial charge on any atom is -0.445 e. The lowest BCUT2D eigenvalue weighted by atomic mass is 10.1. The predicted molar refractivity (Wildman–Crippen MR) is 74.2 cm³/mol. The Morgan fingerprint density at radius 3 is 2.80 bits per heavy atom. The minimum absolute atomic E-state index is 0.128. The second kappa shape index (κ2) is 6.24. The molecule has 1 aliphatic rings. The van der Waals surface area contributed by atoms with E-state index >= 15 is 0 Å². The van der Waals surface area contributed by atoms with E-state index < -0.39 is 11.7 Å². The molecule has 0 aromatic heterocycles. The summed E-state index contributed by atoms with van der Waals surface area (Å²) >= 11 is 0. The van der Waals surface area contributed by atoms with Gasteiger partial charge in [-0.1, -0.05) is 30.3 Å². The first-order valence-electron chi connectivity index (χ1n) is 6.74. The Hall–Kier alpha value is -1.59. The van der Waals surface area contributed by atoms with Crippen molar-refractivity contribution < 1.29 is 19.4 Å². The summed E-state index contributed by atoms with van der Waals surface area (Å²) in [5, 5.41) is 9.34. The molecule has 5 heteroatoms. The van der Waals surface area contributed by atoms with Gasteiger partial charge in [-0.3, -0.25) is 4.90 Å². The molecule has 1 unspecified atom stereocenters. The topological polar surface area (TPSA) is 59.0 Å². The number of hydrogen-bond acceptors (Lipinski definition) is 4. The monoisotopic (exact) mass is 279 g/mol. The molecule has 20 heavy (non-hydrogen) atoms. The van der Waals surface area contributed by atoms with E-state index in [1.54, 1.807) is 4.90 Å². The second-order valence-corrected chi connectivity index (χ2v) is 5.58. The number of carbonyl (C=O) groups excluding carboxylic acids is 1. The van der Waals surface area contributed by atoms with E-state index in [0.29, 0.717) is 13.2 Å². The van der Waals surface area contributed by atoms with Crippen molar-refractivity contribution in [3.63, 3.8) is 0 Å². The van der Waals surface area contributed by atoms with Crippen molar-refractivity contribution in [1.29, 1.82) is 0 Å². The fourth-order valence-corrected chi connectivity index (χ4v) is 2.16. The first-order chi connectivity index (χ1) is 9.52. The van der Waals surface area contributed by atoms with Crippen LogP contribution in [0.2, 0.25) is 0 Å². The molecule has 0 radical (unpaired) electrons. The van der Waals surface area contributed by atoms with Crippen LogP contribution in [0.25, 0.3) is 0 Å². The van der Waals surface area contributed by atoms with E-state index in [-0.39, 0.29) is 19.3 Å². The zero-order valence-corrected chi connectivity index (χ0v) is 11.9. The molecule has 2 rings (SSSR count). The maximum absolute atomic E-state index is 12.2. The predicted octanol–water partition coefficient (Wildman–Crippen LogP) is 1.79. The number of benzene rings is 1. The number of amides is 1. The van der Waals surface area contributed by atoms with Crippen LogP contribution in [0.15, 0.2) is 30.3 Å². The van der Waals surface area contributed by atoms with Crippen molar-refractivity contribution in [2.24, 2.45) is 0 Å². The maximum atomic E-state index is 12.2. The van der Waals surface area contributed by atoms with E-state index in [0.717, 1.165) is 5.56 Å². The molecule has 1 saturated heterocycles. The third kappa shape index (κ3) is 3.71. The van der Waals surface area contributed by atoms with Crippen LogP contribution in [0.3, 0.4) is 0 Å². The average Bonchev–Trinajstić information content (AvgIpc) is 2.45. The SMILES string of the molecule is CC1(C)CN(C(=O)OCc2ccccc2)C(CO)CO1. The largest absolute Gasteiger partial charge is 0.445 e. The number of morpholine rings is 1. The van der Waals surface area contributed by atoms with Gasteiger partial charge in [0, 0.05) is 0 Å². The van der Waals surface area contributed by atoms with Crippen LogP contribution in [0.1, 0.15) is 19.4 Å². The Morgan fingerprint density at radius 2 is 2.15 bits per heavy atom. The smallest absolute Gasteiger partial charge is 0.410 e. The fraction of sp³-hybridized carbons (Fsp3) is 0.533. The van der Waals surface area contributed by atoms with E-state index in [1.807, 2.05) is 44.2 Å². The van der Waals surface area contributed by atoms with Gasteiger partial charge in [0.2, 0.25) is 0 Å². The molecule has 110 valence electrons. The molecule has 0 aliphatic carbocycles. The van der Waals surface area contributed by atoms with Crippen LogP contribution >= 0.6 is 0 Å². The van der Waals surface area contributed by atoms with Crippen LogP contribution < -0.4 is 0 Å². The van der Waals surface area contributed by atoms with Gasteiger partial charge >= 0.3 is 6.09 Å². The van der Waals surface area contributed by atoms with Gasteiger partial charge in [0.1, 0.15) is 6.61 Å². The minimum atomic E-state index is -0.419. The molecule has 1 amide bonds. The molecule has 5 nitrogen and oxygen atoms in total. The molecule has 1 aliphatic heterocycles. The van der Waals surface area contributed by atoms with Gasteiger partial charge < -0.3 is 14.6 Å². The Bertz CT molecular complexity index is 446. The van der Waals surface area contributed by atoms with E-state index in [1.165, 1.54) is 0 Å². The van der Waals surface area contributed by atoms with Gasteiger partial charge in [0.25, 0.3) is 0 Å². The van der Waals surface area contributed by atoms with Crippen molar-refractivity contribution in [1.82, 2.24) is 4.90 Å². The van der Waals surface area contributed by atoms with E-state index in [9.17, 15) is 9.90 Å². The van der Waals surface area contributed by atoms with Gasteiger partial charge in [0.05, 0.1) is 31.4 Å². The number of aliphatic hydroxyl groups excluding tert-OH is 1. The molecule has 0 spiro atoms. The summed E-state index contributed by atoms with van der Waals surface area (Å²) in [6, 6.07) is 9.18. The highest BCUT2D eigenvalue weighted by molar-refractivity contribution is 5.68. The Balaban J connectivity index is 1.95. The summed E-state index contributed by atoms with van der Waals surface area (Å²) in [5.74, 6) is 0. The average molecular weight is 279 g/mol. The summed E-state index contributed by atoms with van der Waals surface area (Å²) < 4.78 is 10.9. The molecule has 1 aromatic rings. The normalized spacial score (nSPS) is 21.6. The summed E-state index contributed by atoms with van der Waals surface area (Å²) in [5.41, 5.74) is 0.520. The lowest BCUT2D eigenvalue weighted by molar-refractivity contribution is -0.116. The highest BCUT2D eigenvalue weighted by Crippen LogP contribution is 2.21. The lowest BCUT2D eigenvalue weighted by Crippen LogP contribution is -2.57. The first kappa shape index (κ1) is 14.8. The van der Waals surface area contributed by atoms with Crippen molar-refractivity contribution in [3.8, 4) is 0 Å². The quantitative estimate of drug-likeness (QED) is 0.916. The number of rotatable bonds is 3. The summed E-state index contributed by atoms with van der Waals surface area (Å²) in [6.07, 6.45) is -0.413. The Kier molecular flexibility index (Phi) is 4.62. The Labute approximate surface area is 119 Å². The van der Waals surface area contributed by atoms with Crippen LogP contribution in [-0.2, 0) is 16.1 Å². The van der Waals surface area contributed by atoms with Gasteiger partial charge in [-0.2, -0.15) is 0 Å². The number of aliphatic hydroxyl groups is 1. The first-order valence-corrected chi connectivity index (χ1v) is 6.74. The lowest BCUT2D eigenvalue weighted by Gasteiger charge is -2.42. The number of hydrogen-bond donors (Lipinski definition) is 1. The second-order valence-electron chi connectivity index (χ2n) is 5.58. The zero-order chi connectivity index (χ0) is 14.6. The van der Waals surface area contributed by atoms with Crippen molar-refractivity contribution in [3.05, 3.63) is 35.9 Å². The molecule has 0 saturated carbocycles. The molecule has 1 N–H and O–H groups in total. The van der Waals surface area contributed by atoms with E-state index in [2.05, 4.69) is 0 Å². The molecule has 1 aromatic carbocycles. The van der Waals surface area contributed by atoms with Crippen LogP contribution in [0, 0.1) is 0 Å². The van der Waals surface area contributed by atoms with Crippen molar-refractivity contribution >= 4 is 6.09 Å². The van der Waals surface area contributed by atoms with Crippen molar-refractivity contribution in [2.45, 2.75) is 32.1 Å². The fourth-order valence-electron chi connectivity index (χ4n) is 2.16. The zero-order valence-electron chi connectivity index (χ0n) is 11.9. The van der Waals surface area contributed by atoms with Gasteiger partial charge in [-0.05, 0) is 19.4 Å². The molecular weight excluding hydrogens is 258 g/mol. The standard InChI is InChI=1S/C15H21NO4/c1-15(2)11-16(13(8-17)10-20-15)14(18)19-9-12-6-4-3-5-7-12/h3-7,13,17H,8-11H2,1-2H3. The third-order valence-electron chi connectivity index (χ3n) is 3.31. The molecular formula is C15H21NO4. The van der Waals surface area contributed by atoms with Crippen LogP contribution in [-0.4, -0.2) is 47.5 Å². The number of nitrogens with zero attached hydrogens (tertiary/aromatic N) is 1. The van der Waals surface area contributed by atoms with E-state index in [4.69, 9.17) is 9.47 Å². The number of ether oxygens (including phenoxy) is 2. The van der Waals surface area contributed by atoms with Crippen LogP contribution in [0.4, 0.5) is 4.79 Å².